The molecule has 0 saturated heterocycles. The number of hydrogen-bond acceptors (Lipinski definition) is 7. The van der Waals surface area contributed by atoms with E-state index in [9.17, 15) is 4.70 Å². The summed E-state index contributed by atoms with van der Waals surface area (Å²) in [7, 11) is 3.69. The average Bonchev–Trinajstić information content (AvgIpc) is 2.03. The molecular weight excluding hydrogens is 201 g/mol. The van der Waals surface area contributed by atoms with E-state index in [0.29, 0.717) is 0 Å². The normalized spacial score (nSPS) is 7.62. The molecule has 2 N–H and O–H groups in total. The molecule has 0 aromatic heterocycles. The van der Waals surface area contributed by atoms with Crippen molar-refractivity contribution in [2.75, 3.05) is 0 Å². The third-order valence-electron chi connectivity index (χ3n) is 0.747. The number of rotatable bonds is 6. The van der Waals surface area contributed by atoms with Crippen LogP contribution < -0.4 is 59.1 Å². The molecule has 0 amide bonds. The summed E-state index contributed by atoms with van der Waals surface area (Å²) in [6.45, 7) is 0. The molecule has 0 unspecified atom stereocenters. The zero-order valence-electron chi connectivity index (χ0n) is 7.25. The maximum absolute atomic E-state index is 9.94. The van der Waals surface area contributed by atoms with Crippen molar-refractivity contribution in [2.24, 2.45) is 0 Å². The van der Waals surface area contributed by atoms with Crippen molar-refractivity contribution in [3.05, 3.63) is 0 Å². The van der Waals surface area contributed by atoms with E-state index >= 15 is 0 Å². The fraction of sp³-hybridized carbons (Fsp3) is 0. The van der Waals surface area contributed by atoms with Crippen molar-refractivity contribution in [1.29, 1.82) is 0 Å². The Bertz CT molecular complexity index is 107. The Morgan fingerprint density at radius 1 is 1.15 bits per heavy atom. The van der Waals surface area contributed by atoms with Gasteiger partial charge in [0.1, 0.15) is 0 Å². The van der Waals surface area contributed by atoms with Gasteiger partial charge < -0.3 is 0 Å². The molecule has 0 aromatic rings. The van der Waals surface area contributed by atoms with Crippen LogP contribution in [0.5, 0.6) is 0 Å². The van der Waals surface area contributed by atoms with Gasteiger partial charge in [-0.2, -0.15) is 0 Å². The third-order valence-corrected chi connectivity index (χ3v) is 0.747. The zero-order chi connectivity index (χ0) is 8.69. The first-order chi connectivity index (χ1) is 5.26. The molecule has 3 radical (unpaired) electrons. The maximum Gasteiger partial charge on any atom is 1.00 e. The van der Waals surface area contributed by atoms with Crippen LogP contribution in [-0.2, 0) is 24.4 Å². The van der Waals surface area contributed by atoms with Gasteiger partial charge in [0, 0.05) is 0 Å². The second-order valence-electron chi connectivity index (χ2n) is 1.42. The quantitative estimate of drug-likeness (QED) is 0.251. The van der Waals surface area contributed by atoms with Gasteiger partial charge in [0.2, 0.25) is 0 Å². The first-order valence-electron chi connectivity index (χ1n) is 2.41. The molecule has 0 aliphatic rings. The fourth-order valence-corrected chi connectivity index (χ4v) is 0.293. The molecule has 0 saturated carbocycles. The minimum Gasteiger partial charge on any atom is 1.00 e. The van der Waals surface area contributed by atoms with E-state index < -0.39 is 13.4 Å². The van der Waals surface area contributed by atoms with Crippen LogP contribution in [0.25, 0.3) is 0 Å². The Hall–Kier alpha value is 1.82. The first-order valence-corrected chi connectivity index (χ1v) is 2.41. The van der Waals surface area contributed by atoms with Crippen LogP contribution in [0.2, 0.25) is 0 Å². The molecule has 7 nitrogen and oxygen atoms in total. The van der Waals surface area contributed by atoms with Crippen LogP contribution in [0, 0.1) is 0 Å². The molecular formula is H2B4Na2O7+. The predicted octanol–water partition coefficient (Wildman–Crippen LogP) is -7.89. The summed E-state index contributed by atoms with van der Waals surface area (Å²) in [5.41, 5.74) is 0. The summed E-state index contributed by atoms with van der Waals surface area (Å²) in [6.07, 6.45) is -1.26. The molecule has 13 heavy (non-hydrogen) atoms. The van der Waals surface area contributed by atoms with Crippen molar-refractivity contribution in [3.8, 4) is 0 Å². The first kappa shape index (κ1) is 20.3. The summed E-state index contributed by atoms with van der Waals surface area (Å²) < 4.78 is 9.94. The van der Waals surface area contributed by atoms with Gasteiger partial charge in [-0.05, 0) is 0 Å². The van der Waals surface area contributed by atoms with Crippen molar-refractivity contribution >= 4 is 28.2 Å². The molecule has 0 spiro atoms. The van der Waals surface area contributed by atoms with Gasteiger partial charge in [-0.15, -0.1) is 0 Å². The van der Waals surface area contributed by atoms with Crippen LogP contribution in [0.4, 0.5) is 0 Å². The molecule has 0 rings (SSSR count). The fourth-order valence-electron chi connectivity index (χ4n) is 0.293. The van der Waals surface area contributed by atoms with E-state index in [4.69, 9.17) is 18.3 Å². The van der Waals surface area contributed by atoms with Gasteiger partial charge in [0.05, 0.1) is 0 Å². The Kier molecular flexibility index (Phi) is 21.5. The zero-order valence-corrected chi connectivity index (χ0v) is 11.2. The monoisotopic (exact) mass is 204 g/mol. The summed E-state index contributed by atoms with van der Waals surface area (Å²) in [5.74, 6) is 0. The Balaban J connectivity index is -0.000000500. The summed E-state index contributed by atoms with van der Waals surface area (Å²) in [5, 5.41) is 21.6. The Labute approximate surface area is 121 Å². The molecule has 0 fully saturated rings. The molecule has 57 valence electrons. The Morgan fingerprint density at radius 2 is 1.54 bits per heavy atom. The van der Waals surface area contributed by atoms with E-state index in [0.717, 1.165) is 0 Å². The molecule has 13 heteroatoms. The SMILES string of the molecule is [B-]B(B=O)B(OOO)OOO.[Na+].[Na+]. The molecule has 0 aliphatic heterocycles. The van der Waals surface area contributed by atoms with Crippen molar-refractivity contribution in [3.63, 3.8) is 0 Å². The van der Waals surface area contributed by atoms with Gasteiger partial charge >= 0.3 is 122 Å². The van der Waals surface area contributed by atoms with Gasteiger partial charge in [0.15, 0.2) is 0 Å². The van der Waals surface area contributed by atoms with Crippen LogP contribution in [0.15, 0.2) is 0 Å². The second kappa shape index (κ2) is 13.8. The second-order valence-corrected chi connectivity index (χ2v) is 1.42. The molecule has 0 atom stereocenters. The van der Waals surface area contributed by atoms with E-state index in [-0.39, 0.29) is 66.2 Å². The van der Waals surface area contributed by atoms with Gasteiger partial charge in [-0.3, -0.25) is 0 Å². The van der Waals surface area contributed by atoms with E-state index in [1.165, 1.54) is 0 Å². The van der Waals surface area contributed by atoms with Crippen molar-refractivity contribution in [1.82, 2.24) is 0 Å². The van der Waals surface area contributed by atoms with Gasteiger partial charge in [0.25, 0.3) is 0 Å². The van der Waals surface area contributed by atoms with Crippen LogP contribution in [0.3, 0.4) is 0 Å². The minimum atomic E-state index is -1.54. The third kappa shape index (κ3) is 10.1. The number of hydrogen-bond donors (Lipinski definition) is 2. The van der Waals surface area contributed by atoms with Crippen molar-refractivity contribution in [2.45, 2.75) is 0 Å². The smallest absolute Gasteiger partial charge is 1.00 e. The van der Waals surface area contributed by atoms with E-state index in [1.807, 2.05) is 0 Å². The summed E-state index contributed by atoms with van der Waals surface area (Å²) in [4.78, 5) is 7.65. The van der Waals surface area contributed by atoms with Crippen molar-refractivity contribution < 1.29 is 94.0 Å². The average molecular weight is 203 g/mol. The standard InChI is InChI=1S/B4H2O7.2Na/c1-3(2-5)4(8-10-6)9-11-7;;/h6-7H;;/q-1;2*+1. The van der Waals surface area contributed by atoms with Gasteiger partial charge in [-0.25, -0.2) is 0 Å². The molecule has 0 aliphatic carbocycles. The van der Waals surface area contributed by atoms with E-state index in [2.05, 4.69) is 19.7 Å². The minimum absolute atomic E-state index is 0. The topological polar surface area (TPSA) is 94.5 Å². The summed E-state index contributed by atoms with van der Waals surface area (Å²) >= 11 is 0. The molecule has 0 bridgehead atoms. The van der Waals surface area contributed by atoms with Crippen LogP contribution in [-0.4, -0.2) is 38.7 Å². The largest absolute Gasteiger partial charge is 1.00 e. The van der Waals surface area contributed by atoms with Crippen LogP contribution >= 0.6 is 0 Å². The van der Waals surface area contributed by atoms with Gasteiger partial charge in [-0.1, -0.05) is 0 Å². The van der Waals surface area contributed by atoms with Crippen LogP contribution in [0.1, 0.15) is 0 Å². The summed E-state index contributed by atoms with van der Waals surface area (Å²) in [6, 6.07) is 0. The predicted molar refractivity (Wildman–Crippen MR) is 33.3 cm³/mol. The maximum atomic E-state index is 9.94. The van der Waals surface area contributed by atoms with E-state index in [1.54, 1.807) is 0 Å². The molecule has 0 aromatic carbocycles. The Morgan fingerprint density at radius 3 is 1.77 bits per heavy atom. The molecule has 0 heterocycles.